The first-order valence-electron chi connectivity index (χ1n) is 9.67. The summed E-state index contributed by atoms with van der Waals surface area (Å²) >= 11 is 1.70. The van der Waals surface area contributed by atoms with Gasteiger partial charge < -0.3 is 15.4 Å². The summed E-state index contributed by atoms with van der Waals surface area (Å²) < 4.78 is 5.74. The summed E-state index contributed by atoms with van der Waals surface area (Å²) in [6.45, 7) is 3.96. The van der Waals surface area contributed by atoms with Crippen molar-refractivity contribution in [2.24, 2.45) is 0 Å². The fraction of sp³-hybridized carbons (Fsp3) is 0.167. The number of ether oxygens (including phenoxy) is 1. The van der Waals surface area contributed by atoms with Crippen molar-refractivity contribution in [2.75, 3.05) is 17.2 Å². The molecule has 3 aromatic rings. The minimum Gasteiger partial charge on any atom is -0.494 e. The number of benzene rings is 3. The van der Waals surface area contributed by atoms with E-state index in [1.807, 2.05) is 37.3 Å². The van der Waals surface area contributed by atoms with E-state index in [2.05, 4.69) is 22.8 Å². The Balaban J connectivity index is 1.72. The number of amides is 2. The first-order valence-corrected chi connectivity index (χ1v) is 10.7. The van der Waals surface area contributed by atoms with Gasteiger partial charge in [0.1, 0.15) is 5.75 Å². The second-order valence-corrected chi connectivity index (χ2v) is 7.62. The van der Waals surface area contributed by atoms with Gasteiger partial charge in [-0.2, -0.15) is 0 Å². The number of carbonyl (C=O) groups is 2. The van der Waals surface area contributed by atoms with Gasteiger partial charge in [-0.25, -0.2) is 0 Å². The van der Waals surface area contributed by atoms with Crippen LogP contribution in [-0.2, 0) is 10.5 Å². The van der Waals surface area contributed by atoms with Crippen molar-refractivity contribution in [3.63, 3.8) is 0 Å². The molecule has 2 amide bonds. The average molecular weight is 421 g/mol. The lowest BCUT2D eigenvalue weighted by Crippen LogP contribution is -2.13. The number of carbonyl (C=O) groups excluding carboxylic acids is 2. The van der Waals surface area contributed by atoms with Crippen LogP contribution in [-0.4, -0.2) is 18.4 Å². The van der Waals surface area contributed by atoms with Crippen molar-refractivity contribution < 1.29 is 14.3 Å². The summed E-state index contributed by atoms with van der Waals surface area (Å²) in [4.78, 5) is 25.0. The summed E-state index contributed by atoms with van der Waals surface area (Å²) in [5.74, 6) is 1.15. The van der Waals surface area contributed by atoms with Crippen LogP contribution in [0.15, 0.2) is 77.7 Å². The van der Waals surface area contributed by atoms with Gasteiger partial charge in [-0.15, -0.1) is 11.8 Å². The van der Waals surface area contributed by atoms with Crippen molar-refractivity contribution in [2.45, 2.75) is 24.5 Å². The van der Waals surface area contributed by atoms with Crippen LogP contribution in [0, 0.1) is 0 Å². The monoisotopic (exact) mass is 420 g/mol. The molecule has 0 saturated heterocycles. The third-order valence-corrected chi connectivity index (χ3v) is 5.28. The summed E-state index contributed by atoms with van der Waals surface area (Å²) in [6.07, 6.45) is 0. The SMILES string of the molecule is CCOc1ccc(C(=O)Nc2ccc(NC(C)=O)cc2)cc1CSc1ccccc1. The molecule has 0 unspecified atom stereocenters. The first-order chi connectivity index (χ1) is 14.5. The van der Waals surface area contributed by atoms with E-state index in [1.165, 1.54) is 6.92 Å². The molecule has 3 rings (SSSR count). The van der Waals surface area contributed by atoms with Crippen molar-refractivity contribution in [3.05, 3.63) is 83.9 Å². The number of nitrogens with one attached hydrogen (secondary N) is 2. The van der Waals surface area contributed by atoms with E-state index < -0.39 is 0 Å². The maximum absolute atomic E-state index is 12.7. The minimum absolute atomic E-state index is 0.137. The molecule has 154 valence electrons. The van der Waals surface area contributed by atoms with Crippen LogP contribution in [0.5, 0.6) is 5.75 Å². The van der Waals surface area contributed by atoms with Gasteiger partial charge in [0, 0.05) is 40.1 Å². The molecule has 30 heavy (non-hydrogen) atoms. The molecule has 0 aliphatic carbocycles. The zero-order chi connectivity index (χ0) is 21.3. The van der Waals surface area contributed by atoms with E-state index in [-0.39, 0.29) is 11.8 Å². The van der Waals surface area contributed by atoms with Crippen LogP contribution < -0.4 is 15.4 Å². The molecule has 5 nitrogen and oxygen atoms in total. The molecule has 0 spiro atoms. The highest BCUT2D eigenvalue weighted by molar-refractivity contribution is 7.98. The van der Waals surface area contributed by atoms with E-state index in [1.54, 1.807) is 42.1 Å². The van der Waals surface area contributed by atoms with Crippen molar-refractivity contribution >= 4 is 35.0 Å². The number of rotatable bonds is 8. The van der Waals surface area contributed by atoms with Gasteiger partial charge in [0.25, 0.3) is 5.91 Å². The average Bonchev–Trinajstić information content (AvgIpc) is 2.75. The maximum atomic E-state index is 12.7. The summed E-state index contributed by atoms with van der Waals surface area (Å²) in [6, 6.07) is 22.6. The van der Waals surface area contributed by atoms with E-state index in [4.69, 9.17) is 4.74 Å². The van der Waals surface area contributed by atoms with E-state index in [9.17, 15) is 9.59 Å². The highest BCUT2D eigenvalue weighted by atomic mass is 32.2. The van der Waals surface area contributed by atoms with Crippen molar-refractivity contribution in [1.82, 2.24) is 0 Å². The second kappa shape index (κ2) is 10.5. The zero-order valence-corrected chi connectivity index (χ0v) is 17.8. The molecule has 0 fully saturated rings. The topological polar surface area (TPSA) is 67.4 Å². The summed E-state index contributed by atoms with van der Waals surface area (Å²) in [5, 5.41) is 5.59. The Hall–Kier alpha value is -3.25. The lowest BCUT2D eigenvalue weighted by molar-refractivity contribution is -0.114. The Morgan fingerprint density at radius 3 is 2.20 bits per heavy atom. The number of thioether (sulfide) groups is 1. The Bertz CT molecular complexity index is 1000. The fourth-order valence-electron chi connectivity index (χ4n) is 2.85. The van der Waals surface area contributed by atoms with Crippen LogP contribution in [0.4, 0.5) is 11.4 Å². The van der Waals surface area contributed by atoms with Gasteiger partial charge in [0.05, 0.1) is 6.61 Å². The van der Waals surface area contributed by atoms with Crippen molar-refractivity contribution in [3.8, 4) is 5.75 Å². The molecule has 0 aliphatic heterocycles. The predicted molar refractivity (Wildman–Crippen MR) is 122 cm³/mol. The number of hydrogen-bond acceptors (Lipinski definition) is 4. The first kappa shape index (κ1) is 21.5. The smallest absolute Gasteiger partial charge is 0.255 e. The van der Waals surface area contributed by atoms with Gasteiger partial charge in [-0.1, -0.05) is 18.2 Å². The Morgan fingerprint density at radius 1 is 0.900 bits per heavy atom. The zero-order valence-electron chi connectivity index (χ0n) is 17.0. The van der Waals surface area contributed by atoms with Gasteiger partial charge in [0.15, 0.2) is 0 Å². The number of hydrogen-bond donors (Lipinski definition) is 2. The molecule has 0 saturated carbocycles. The van der Waals surface area contributed by atoms with Crippen molar-refractivity contribution in [1.29, 1.82) is 0 Å². The minimum atomic E-state index is -0.198. The fourth-order valence-corrected chi connectivity index (χ4v) is 3.75. The Morgan fingerprint density at radius 2 is 1.57 bits per heavy atom. The second-order valence-electron chi connectivity index (χ2n) is 6.57. The third-order valence-electron chi connectivity index (χ3n) is 4.22. The molecule has 0 radical (unpaired) electrons. The van der Waals surface area contributed by atoms with Crippen LogP contribution in [0.2, 0.25) is 0 Å². The molecule has 0 bridgehead atoms. The molecule has 0 aliphatic rings. The van der Waals surface area contributed by atoms with Gasteiger partial charge in [-0.05, 0) is 61.5 Å². The predicted octanol–water partition coefficient (Wildman–Crippen LogP) is 5.59. The lowest BCUT2D eigenvalue weighted by atomic mass is 10.1. The molecule has 0 atom stereocenters. The third kappa shape index (κ3) is 6.12. The molecule has 0 heterocycles. The largest absolute Gasteiger partial charge is 0.494 e. The highest BCUT2D eigenvalue weighted by Gasteiger charge is 2.12. The number of anilines is 2. The van der Waals surface area contributed by atoms with Crippen LogP contribution in [0.25, 0.3) is 0 Å². The maximum Gasteiger partial charge on any atom is 0.255 e. The Labute approximate surface area is 180 Å². The van der Waals surface area contributed by atoms with E-state index in [0.29, 0.717) is 29.3 Å². The molecular formula is C24H24N2O3S. The molecule has 0 aromatic heterocycles. The quantitative estimate of drug-likeness (QED) is 0.466. The lowest BCUT2D eigenvalue weighted by Gasteiger charge is -2.13. The molecular weight excluding hydrogens is 396 g/mol. The van der Waals surface area contributed by atoms with Gasteiger partial charge >= 0.3 is 0 Å². The van der Waals surface area contributed by atoms with Crippen LogP contribution in [0.3, 0.4) is 0 Å². The standard InChI is InChI=1S/C24H24N2O3S/c1-3-29-23-14-9-18(15-19(23)16-30-22-7-5-4-6-8-22)24(28)26-21-12-10-20(11-13-21)25-17(2)27/h4-15H,3,16H2,1-2H3,(H,25,27)(H,26,28). The van der Waals surface area contributed by atoms with Crippen LogP contribution >= 0.6 is 11.8 Å². The molecule has 3 aromatic carbocycles. The van der Waals surface area contributed by atoms with Crippen LogP contribution in [0.1, 0.15) is 29.8 Å². The van der Waals surface area contributed by atoms with E-state index in [0.717, 1.165) is 16.2 Å². The van der Waals surface area contributed by atoms with Gasteiger partial charge in [0.2, 0.25) is 5.91 Å². The molecule has 2 N–H and O–H groups in total. The Kier molecular flexibility index (Phi) is 7.51. The van der Waals surface area contributed by atoms with E-state index >= 15 is 0 Å². The van der Waals surface area contributed by atoms with Gasteiger partial charge in [-0.3, -0.25) is 9.59 Å². The summed E-state index contributed by atoms with van der Waals surface area (Å²) in [5.41, 5.74) is 2.87. The molecule has 6 heteroatoms. The summed E-state index contributed by atoms with van der Waals surface area (Å²) in [7, 11) is 0. The normalized spacial score (nSPS) is 10.3. The highest BCUT2D eigenvalue weighted by Crippen LogP contribution is 2.29.